The van der Waals surface area contributed by atoms with Crippen molar-refractivity contribution >= 4 is 29.1 Å². The summed E-state index contributed by atoms with van der Waals surface area (Å²) in [6.45, 7) is 0. The van der Waals surface area contributed by atoms with Crippen molar-refractivity contribution in [2.24, 2.45) is 0 Å². The average molecular weight is 304 g/mol. The number of aliphatic hydroxyl groups is 1. The molecular formula is C13H15Cl2NO3. The number of hydrogen-bond acceptors (Lipinski definition) is 3. The van der Waals surface area contributed by atoms with Crippen molar-refractivity contribution in [1.29, 1.82) is 0 Å². The first-order valence-electron chi connectivity index (χ1n) is 6.16. The Kier molecular flexibility index (Phi) is 4.55. The van der Waals surface area contributed by atoms with Crippen molar-refractivity contribution in [2.45, 2.75) is 37.8 Å². The van der Waals surface area contributed by atoms with E-state index in [0.29, 0.717) is 6.42 Å². The lowest BCUT2D eigenvalue weighted by atomic mass is 9.92. The zero-order valence-corrected chi connectivity index (χ0v) is 11.7. The van der Waals surface area contributed by atoms with Crippen LogP contribution in [0.25, 0.3) is 0 Å². The molecule has 1 aliphatic rings. The summed E-state index contributed by atoms with van der Waals surface area (Å²) in [6.07, 6.45) is 2.76. The number of amides is 1. The molecule has 1 amide bonds. The van der Waals surface area contributed by atoms with E-state index in [0.717, 1.165) is 19.3 Å². The van der Waals surface area contributed by atoms with Crippen LogP contribution in [0, 0.1) is 0 Å². The van der Waals surface area contributed by atoms with Gasteiger partial charge in [0.2, 0.25) is 0 Å². The molecule has 2 rings (SSSR count). The third-order valence-electron chi connectivity index (χ3n) is 3.31. The van der Waals surface area contributed by atoms with E-state index in [4.69, 9.17) is 23.2 Å². The Morgan fingerprint density at radius 2 is 1.95 bits per heavy atom. The molecule has 1 aromatic rings. The lowest BCUT2D eigenvalue weighted by molar-refractivity contribution is 0.0715. The van der Waals surface area contributed by atoms with E-state index in [1.165, 1.54) is 12.1 Å². The molecule has 0 bridgehead atoms. The molecule has 1 aromatic carbocycles. The van der Waals surface area contributed by atoms with Crippen molar-refractivity contribution in [3.8, 4) is 5.75 Å². The van der Waals surface area contributed by atoms with Gasteiger partial charge in [-0.1, -0.05) is 36.0 Å². The molecule has 0 saturated heterocycles. The monoisotopic (exact) mass is 303 g/mol. The van der Waals surface area contributed by atoms with Gasteiger partial charge in [-0.2, -0.15) is 0 Å². The number of aromatic hydroxyl groups is 1. The SMILES string of the molecule is O=C(NC1CCCCC1O)c1c(O)cc(Cl)cc1Cl. The lowest BCUT2D eigenvalue weighted by Gasteiger charge is -2.28. The normalized spacial score (nSPS) is 23.1. The molecule has 2 atom stereocenters. The van der Waals surface area contributed by atoms with E-state index in [9.17, 15) is 15.0 Å². The van der Waals surface area contributed by atoms with Crippen LogP contribution in [-0.4, -0.2) is 28.3 Å². The molecule has 0 aromatic heterocycles. The molecule has 3 N–H and O–H groups in total. The van der Waals surface area contributed by atoms with Crippen LogP contribution in [-0.2, 0) is 0 Å². The minimum atomic E-state index is -0.550. The fourth-order valence-corrected chi connectivity index (χ4v) is 2.87. The number of carbonyl (C=O) groups is 1. The molecule has 2 unspecified atom stereocenters. The smallest absolute Gasteiger partial charge is 0.256 e. The maximum Gasteiger partial charge on any atom is 0.256 e. The first-order chi connectivity index (χ1) is 8.99. The predicted octanol–water partition coefficient (Wildman–Crippen LogP) is 2.73. The van der Waals surface area contributed by atoms with Crippen LogP contribution in [0.4, 0.5) is 0 Å². The van der Waals surface area contributed by atoms with Crippen LogP contribution in [0.15, 0.2) is 12.1 Å². The molecule has 0 radical (unpaired) electrons. The lowest BCUT2D eigenvalue weighted by Crippen LogP contribution is -2.45. The number of phenols is 1. The van der Waals surface area contributed by atoms with Gasteiger partial charge in [-0.15, -0.1) is 0 Å². The fourth-order valence-electron chi connectivity index (χ4n) is 2.31. The molecule has 0 aliphatic heterocycles. The maximum atomic E-state index is 12.1. The first-order valence-corrected chi connectivity index (χ1v) is 6.91. The van der Waals surface area contributed by atoms with Gasteiger partial charge in [-0.05, 0) is 25.0 Å². The van der Waals surface area contributed by atoms with Crippen LogP contribution >= 0.6 is 23.2 Å². The second kappa shape index (κ2) is 5.99. The third-order valence-corrected chi connectivity index (χ3v) is 3.82. The van der Waals surface area contributed by atoms with Gasteiger partial charge < -0.3 is 15.5 Å². The molecule has 0 spiro atoms. The van der Waals surface area contributed by atoms with Gasteiger partial charge in [0.15, 0.2) is 0 Å². The minimum absolute atomic E-state index is 0.0103. The van der Waals surface area contributed by atoms with Gasteiger partial charge in [0, 0.05) is 5.02 Å². The van der Waals surface area contributed by atoms with E-state index in [2.05, 4.69) is 5.32 Å². The second-order valence-corrected chi connectivity index (χ2v) is 5.56. The van der Waals surface area contributed by atoms with Gasteiger partial charge in [0.1, 0.15) is 5.75 Å². The molecule has 0 heterocycles. The van der Waals surface area contributed by atoms with Gasteiger partial charge in [-0.25, -0.2) is 0 Å². The van der Waals surface area contributed by atoms with Crippen molar-refractivity contribution in [3.63, 3.8) is 0 Å². The van der Waals surface area contributed by atoms with Crippen LogP contribution < -0.4 is 5.32 Å². The molecular weight excluding hydrogens is 289 g/mol. The average Bonchev–Trinajstić information content (AvgIpc) is 2.30. The number of phenolic OH excluding ortho intramolecular Hbond substituents is 1. The Hall–Kier alpha value is -0.970. The summed E-state index contributed by atoms with van der Waals surface area (Å²) < 4.78 is 0. The molecule has 104 valence electrons. The van der Waals surface area contributed by atoms with E-state index in [1.54, 1.807) is 0 Å². The number of hydrogen-bond donors (Lipinski definition) is 3. The predicted molar refractivity (Wildman–Crippen MR) is 73.9 cm³/mol. The van der Waals surface area contributed by atoms with E-state index >= 15 is 0 Å². The highest BCUT2D eigenvalue weighted by Gasteiger charge is 2.26. The van der Waals surface area contributed by atoms with Crippen molar-refractivity contribution in [1.82, 2.24) is 5.32 Å². The zero-order valence-electron chi connectivity index (χ0n) is 10.2. The molecule has 1 fully saturated rings. The largest absolute Gasteiger partial charge is 0.507 e. The summed E-state index contributed by atoms with van der Waals surface area (Å²) >= 11 is 11.6. The number of nitrogens with one attached hydrogen (secondary N) is 1. The topological polar surface area (TPSA) is 69.6 Å². The molecule has 1 aliphatic carbocycles. The standard InChI is InChI=1S/C13H15Cl2NO3/c14-7-5-8(15)12(11(18)6-7)13(19)16-9-3-1-2-4-10(9)17/h5-6,9-10,17-18H,1-4H2,(H,16,19). The highest BCUT2D eigenvalue weighted by atomic mass is 35.5. The summed E-state index contributed by atoms with van der Waals surface area (Å²) in [5.74, 6) is -0.759. The van der Waals surface area contributed by atoms with Crippen molar-refractivity contribution in [2.75, 3.05) is 0 Å². The summed E-state index contributed by atoms with van der Waals surface area (Å²) in [4.78, 5) is 12.1. The molecule has 4 nitrogen and oxygen atoms in total. The van der Waals surface area contributed by atoms with Crippen molar-refractivity contribution < 1.29 is 15.0 Å². The van der Waals surface area contributed by atoms with Crippen LogP contribution in [0.3, 0.4) is 0 Å². The van der Waals surface area contributed by atoms with Gasteiger partial charge in [0.25, 0.3) is 5.91 Å². The van der Waals surface area contributed by atoms with E-state index in [1.807, 2.05) is 0 Å². The number of carbonyl (C=O) groups excluding carboxylic acids is 1. The summed E-state index contributed by atoms with van der Waals surface area (Å²) in [5, 5.41) is 22.6. The van der Waals surface area contributed by atoms with Crippen LogP contribution in [0.5, 0.6) is 5.75 Å². The first kappa shape index (κ1) is 14.4. The Bertz CT molecular complexity index is 470. The Balaban J connectivity index is 2.16. The highest BCUT2D eigenvalue weighted by molar-refractivity contribution is 6.37. The Morgan fingerprint density at radius 3 is 2.58 bits per heavy atom. The molecule has 6 heteroatoms. The number of aliphatic hydroxyl groups excluding tert-OH is 1. The van der Waals surface area contributed by atoms with Gasteiger partial charge >= 0.3 is 0 Å². The van der Waals surface area contributed by atoms with Crippen LogP contribution in [0.1, 0.15) is 36.0 Å². The quantitative estimate of drug-likeness (QED) is 0.787. The minimum Gasteiger partial charge on any atom is -0.507 e. The number of halogens is 2. The number of rotatable bonds is 2. The molecule has 19 heavy (non-hydrogen) atoms. The number of benzene rings is 1. The van der Waals surface area contributed by atoms with Crippen molar-refractivity contribution in [3.05, 3.63) is 27.7 Å². The highest BCUT2D eigenvalue weighted by Crippen LogP contribution is 2.30. The summed E-state index contributed by atoms with van der Waals surface area (Å²) in [6, 6.07) is 2.36. The van der Waals surface area contributed by atoms with E-state index < -0.39 is 12.0 Å². The van der Waals surface area contributed by atoms with Gasteiger partial charge in [0.05, 0.1) is 22.7 Å². The maximum absolute atomic E-state index is 12.1. The fraction of sp³-hybridized carbons (Fsp3) is 0.462. The van der Waals surface area contributed by atoms with E-state index in [-0.39, 0.29) is 27.4 Å². The van der Waals surface area contributed by atoms with Gasteiger partial charge in [-0.3, -0.25) is 4.79 Å². The zero-order chi connectivity index (χ0) is 14.0. The second-order valence-electron chi connectivity index (χ2n) is 4.71. The third kappa shape index (κ3) is 3.32. The molecule has 1 saturated carbocycles. The summed E-state index contributed by atoms with van der Waals surface area (Å²) in [5.41, 5.74) is -0.0103. The van der Waals surface area contributed by atoms with Crippen LogP contribution in [0.2, 0.25) is 10.0 Å². The summed E-state index contributed by atoms with van der Waals surface area (Å²) in [7, 11) is 0. The Morgan fingerprint density at radius 1 is 1.26 bits per heavy atom. The Labute approximate surface area is 121 Å².